The number of oxazole rings is 1. The first-order valence-electron chi connectivity index (χ1n) is 10.6. The molecule has 0 unspecified atom stereocenters. The lowest BCUT2D eigenvalue weighted by Crippen LogP contribution is -2.28. The van der Waals surface area contributed by atoms with Crippen LogP contribution >= 0.6 is 0 Å². The van der Waals surface area contributed by atoms with Crippen LogP contribution in [0.5, 0.6) is 0 Å². The molecule has 0 aliphatic carbocycles. The standard InChI is InChI=1S/C24H23N5O/c1-2-9-29(10-3-1)15-17-13-26-24(30-17)20-11-16(12-23-21(20)14-27-28-23)18-5-4-6-22-19(18)7-8-25-22/h4-8,11-14,25H,1-3,9-10,15H2,(H,27,28). The van der Waals surface area contributed by atoms with E-state index in [2.05, 4.69) is 61.5 Å². The van der Waals surface area contributed by atoms with Crippen LogP contribution in [0.2, 0.25) is 0 Å². The molecular formula is C24H23N5O. The second-order valence-electron chi connectivity index (χ2n) is 8.07. The smallest absolute Gasteiger partial charge is 0.227 e. The first kappa shape index (κ1) is 17.5. The van der Waals surface area contributed by atoms with Crippen molar-refractivity contribution in [2.75, 3.05) is 13.1 Å². The van der Waals surface area contributed by atoms with E-state index in [-0.39, 0.29) is 0 Å². The number of rotatable bonds is 4. The minimum atomic E-state index is 0.650. The molecule has 0 bridgehead atoms. The van der Waals surface area contributed by atoms with Crippen molar-refractivity contribution in [3.8, 4) is 22.6 Å². The number of hydrogen-bond acceptors (Lipinski definition) is 4. The Hall–Kier alpha value is -3.38. The third-order valence-electron chi connectivity index (χ3n) is 6.08. The number of nitrogens with one attached hydrogen (secondary N) is 2. The quantitative estimate of drug-likeness (QED) is 0.429. The summed E-state index contributed by atoms with van der Waals surface area (Å²) in [7, 11) is 0. The lowest BCUT2D eigenvalue weighted by Gasteiger charge is -2.24. The van der Waals surface area contributed by atoms with Gasteiger partial charge in [-0.05, 0) is 61.3 Å². The Morgan fingerprint density at radius 1 is 0.933 bits per heavy atom. The average Bonchev–Trinajstić information content (AvgIpc) is 3.53. The second kappa shape index (κ2) is 7.15. The van der Waals surface area contributed by atoms with Gasteiger partial charge in [-0.1, -0.05) is 18.6 Å². The largest absolute Gasteiger partial charge is 0.440 e. The van der Waals surface area contributed by atoms with Crippen LogP contribution in [0, 0.1) is 0 Å². The summed E-state index contributed by atoms with van der Waals surface area (Å²) in [6.07, 6.45) is 9.56. The number of H-pyrrole nitrogens is 2. The first-order chi connectivity index (χ1) is 14.8. The SMILES string of the molecule is c1cc(-c2cc(-c3ncc(CN4CCCCC4)o3)c3cn[nH]c3c2)c2cc[nH]c2c1. The summed E-state index contributed by atoms with van der Waals surface area (Å²) in [6, 6.07) is 12.7. The number of nitrogens with zero attached hydrogens (tertiary/aromatic N) is 3. The fourth-order valence-electron chi connectivity index (χ4n) is 4.56. The van der Waals surface area contributed by atoms with Crippen LogP contribution in [-0.2, 0) is 6.54 Å². The molecule has 1 aliphatic heterocycles. The van der Waals surface area contributed by atoms with Crippen molar-refractivity contribution in [3.05, 3.63) is 60.7 Å². The maximum atomic E-state index is 6.21. The van der Waals surface area contributed by atoms with E-state index >= 15 is 0 Å². The summed E-state index contributed by atoms with van der Waals surface area (Å²) < 4.78 is 6.21. The van der Waals surface area contributed by atoms with Crippen molar-refractivity contribution >= 4 is 21.8 Å². The van der Waals surface area contributed by atoms with E-state index in [1.807, 2.05) is 18.6 Å². The fourth-order valence-corrected chi connectivity index (χ4v) is 4.56. The number of benzene rings is 2. The van der Waals surface area contributed by atoms with E-state index in [4.69, 9.17) is 4.42 Å². The molecule has 4 heterocycles. The van der Waals surface area contributed by atoms with Gasteiger partial charge >= 0.3 is 0 Å². The zero-order valence-electron chi connectivity index (χ0n) is 16.7. The third-order valence-corrected chi connectivity index (χ3v) is 6.08. The van der Waals surface area contributed by atoms with Crippen LogP contribution in [0.1, 0.15) is 25.0 Å². The van der Waals surface area contributed by atoms with Crippen LogP contribution in [0.25, 0.3) is 44.4 Å². The lowest BCUT2D eigenvalue weighted by molar-refractivity contribution is 0.206. The maximum absolute atomic E-state index is 6.21. The van der Waals surface area contributed by atoms with Gasteiger partial charge in [-0.3, -0.25) is 10.00 Å². The highest BCUT2D eigenvalue weighted by Crippen LogP contribution is 2.35. The van der Waals surface area contributed by atoms with Gasteiger partial charge in [-0.2, -0.15) is 5.10 Å². The van der Waals surface area contributed by atoms with Crippen LogP contribution in [0.4, 0.5) is 0 Å². The van der Waals surface area contributed by atoms with E-state index < -0.39 is 0 Å². The zero-order valence-corrected chi connectivity index (χ0v) is 16.7. The topological polar surface area (TPSA) is 73.7 Å². The normalized spacial score (nSPS) is 15.3. The van der Waals surface area contributed by atoms with E-state index in [0.717, 1.165) is 52.9 Å². The minimum absolute atomic E-state index is 0.650. The monoisotopic (exact) mass is 397 g/mol. The van der Waals surface area contributed by atoms with Gasteiger partial charge in [0.2, 0.25) is 5.89 Å². The van der Waals surface area contributed by atoms with Crippen LogP contribution in [-0.4, -0.2) is 38.2 Å². The van der Waals surface area contributed by atoms with Gasteiger partial charge in [0.15, 0.2) is 0 Å². The molecule has 6 heteroatoms. The van der Waals surface area contributed by atoms with Gasteiger partial charge in [-0.25, -0.2) is 4.98 Å². The summed E-state index contributed by atoms with van der Waals surface area (Å²) in [5.41, 5.74) is 5.35. The van der Waals surface area contributed by atoms with Crippen molar-refractivity contribution in [2.24, 2.45) is 0 Å². The number of piperidine rings is 1. The Morgan fingerprint density at radius 2 is 1.87 bits per heavy atom. The number of hydrogen-bond donors (Lipinski definition) is 2. The van der Waals surface area contributed by atoms with Crippen molar-refractivity contribution in [3.63, 3.8) is 0 Å². The highest BCUT2D eigenvalue weighted by atomic mass is 16.4. The molecule has 30 heavy (non-hydrogen) atoms. The molecule has 6 nitrogen and oxygen atoms in total. The number of fused-ring (bicyclic) bond motifs is 2. The van der Waals surface area contributed by atoms with Gasteiger partial charge in [0, 0.05) is 28.0 Å². The fraction of sp³-hybridized carbons (Fsp3) is 0.250. The summed E-state index contributed by atoms with van der Waals surface area (Å²) in [4.78, 5) is 10.4. The molecule has 6 rings (SSSR count). The Labute approximate surface area is 173 Å². The van der Waals surface area contributed by atoms with Gasteiger partial charge < -0.3 is 9.40 Å². The van der Waals surface area contributed by atoms with Gasteiger partial charge in [0.05, 0.1) is 24.5 Å². The van der Waals surface area contributed by atoms with E-state index in [1.165, 1.54) is 30.2 Å². The second-order valence-corrected chi connectivity index (χ2v) is 8.07. The summed E-state index contributed by atoms with van der Waals surface area (Å²) in [5.74, 6) is 1.57. The molecule has 1 fully saturated rings. The van der Waals surface area contributed by atoms with Crippen LogP contribution in [0.15, 0.2) is 59.4 Å². The molecule has 0 amide bonds. The molecule has 2 N–H and O–H groups in total. The predicted octanol–water partition coefficient (Wildman–Crippen LogP) is 5.35. The minimum Gasteiger partial charge on any atom is -0.440 e. The maximum Gasteiger partial charge on any atom is 0.227 e. The number of aromatic nitrogens is 4. The Balaban J connectivity index is 1.43. The predicted molar refractivity (Wildman–Crippen MR) is 118 cm³/mol. The van der Waals surface area contributed by atoms with Crippen LogP contribution in [0.3, 0.4) is 0 Å². The molecule has 1 aliphatic rings. The van der Waals surface area contributed by atoms with Crippen molar-refractivity contribution in [1.82, 2.24) is 25.1 Å². The van der Waals surface area contributed by atoms with Crippen molar-refractivity contribution in [2.45, 2.75) is 25.8 Å². The molecule has 5 aromatic rings. The molecule has 0 atom stereocenters. The average molecular weight is 397 g/mol. The molecular weight excluding hydrogens is 374 g/mol. The van der Waals surface area contributed by atoms with E-state index in [1.54, 1.807) is 0 Å². The third kappa shape index (κ3) is 3.00. The van der Waals surface area contributed by atoms with E-state index in [9.17, 15) is 0 Å². The lowest BCUT2D eigenvalue weighted by atomic mass is 9.98. The molecule has 0 spiro atoms. The highest BCUT2D eigenvalue weighted by Gasteiger charge is 2.17. The van der Waals surface area contributed by atoms with E-state index in [0.29, 0.717) is 5.89 Å². The van der Waals surface area contributed by atoms with Gasteiger partial charge in [-0.15, -0.1) is 0 Å². The van der Waals surface area contributed by atoms with Gasteiger partial charge in [0.1, 0.15) is 5.76 Å². The molecule has 0 saturated carbocycles. The molecule has 2 aromatic carbocycles. The number of likely N-dealkylation sites (tertiary alicyclic amines) is 1. The Kier molecular flexibility index (Phi) is 4.16. The van der Waals surface area contributed by atoms with Gasteiger partial charge in [0.25, 0.3) is 0 Å². The number of aromatic amines is 2. The zero-order chi connectivity index (χ0) is 19.9. The Morgan fingerprint density at radius 3 is 2.80 bits per heavy atom. The summed E-state index contributed by atoms with van der Waals surface area (Å²) in [5, 5.41) is 9.60. The first-order valence-corrected chi connectivity index (χ1v) is 10.6. The van der Waals surface area contributed by atoms with Crippen molar-refractivity contribution in [1.29, 1.82) is 0 Å². The highest BCUT2D eigenvalue weighted by molar-refractivity contribution is 6.01. The van der Waals surface area contributed by atoms with Crippen LogP contribution < -0.4 is 0 Å². The molecule has 3 aromatic heterocycles. The summed E-state index contributed by atoms with van der Waals surface area (Å²) in [6.45, 7) is 3.10. The molecule has 1 saturated heterocycles. The molecule has 150 valence electrons. The Bertz CT molecular complexity index is 1320. The molecule has 0 radical (unpaired) electrons. The summed E-state index contributed by atoms with van der Waals surface area (Å²) >= 11 is 0. The van der Waals surface area contributed by atoms with Crippen molar-refractivity contribution < 1.29 is 4.42 Å².